The van der Waals surface area contributed by atoms with Gasteiger partial charge in [-0.05, 0) is 55.5 Å². The van der Waals surface area contributed by atoms with Crippen LogP contribution in [-0.2, 0) is 0 Å². The van der Waals surface area contributed by atoms with Gasteiger partial charge in [-0.3, -0.25) is 0 Å². The van der Waals surface area contributed by atoms with E-state index in [9.17, 15) is 0 Å². The Morgan fingerprint density at radius 3 is 2.53 bits per heavy atom. The smallest absolute Gasteiger partial charge is 0.0994 e. The summed E-state index contributed by atoms with van der Waals surface area (Å²) in [5, 5.41) is 8.98. The van der Waals surface area contributed by atoms with Gasteiger partial charge in [0.1, 0.15) is 0 Å². The van der Waals surface area contributed by atoms with E-state index >= 15 is 0 Å². The Morgan fingerprint density at radius 2 is 2.00 bits per heavy atom. The average Bonchev–Trinajstić information content (AvgIpc) is 2.18. The zero-order valence-electron chi connectivity index (χ0n) is 9.89. The predicted molar refractivity (Wildman–Crippen MR) is 64.6 cm³/mol. The molecule has 0 bridgehead atoms. The topological polar surface area (TPSA) is 23.8 Å². The molecule has 1 rings (SSSR count). The molecule has 1 heteroatoms. The van der Waals surface area contributed by atoms with Gasteiger partial charge in [-0.15, -0.1) is 0 Å². The molecule has 15 heavy (non-hydrogen) atoms. The zero-order valence-corrected chi connectivity index (χ0v) is 9.89. The normalized spacial score (nSPS) is 11.3. The predicted octanol–water partition coefficient (Wildman–Crippen LogP) is 3.99. The highest BCUT2D eigenvalue weighted by molar-refractivity contribution is 5.68. The maximum atomic E-state index is 8.98. The van der Waals surface area contributed by atoms with E-state index in [1.54, 1.807) is 0 Å². The second-order valence-corrected chi connectivity index (χ2v) is 3.89. The number of allylic oxidation sites excluding steroid dienone is 2. The minimum absolute atomic E-state index is 0.777. The van der Waals surface area contributed by atoms with Crippen LogP contribution in [0.15, 0.2) is 18.2 Å². The maximum Gasteiger partial charge on any atom is 0.0994 e. The van der Waals surface area contributed by atoms with Crippen LogP contribution in [0.4, 0.5) is 0 Å². The van der Waals surface area contributed by atoms with Crippen molar-refractivity contribution in [2.45, 2.75) is 34.1 Å². The standard InChI is InChI=1S/C14H17N/c1-5-6-10(2)14-8-13(9-15)11(3)7-12(14)4/h6-8H,5H2,1-4H3/b10-6-. The molecule has 0 saturated carbocycles. The third kappa shape index (κ3) is 2.47. The van der Waals surface area contributed by atoms with E-state index in [0.717, 1.165) is 17.5 Å². The summed E-state index contributed by atoms with van der Waals surface area (Å²) in [6.07, 6.45) is 3.22. The summed E-state index contributed by atoms with van der Waals surface area (Å²) in [7, 11) is 0. The molecule has 1 aromatic rings. The van der Waals surface area contributed by atoms with Crippen LogP contribution in [0.2, 0.25) is 0 Å². The van der Waals surface area contributed by atoms with Crippen LogP contribution >= 0.6 is 0 Å². The Kier molecular flexibility index (Phi) is 3.68. The van der Waals surface area contributed by atoms with Crippen molar-refractivity contribution in [1.29, 1.82) is 5.26 Å². The monoisotopic (exact) mass is 199 g/mol. The highest BCUT2D eigenvalue weighted by Crippen LogP contribution is 2.22. The van der Waals surface area contributed by atoms with Crippen LogP contribution in [0.5, 0.6) is 0 Å². The zero-order chi connectivity index (χ0) is 11.4. The molecule has 78 valence electrons. The molecule has 0 aliphatic rings. The van der Waals surface area contributed by atoms with E-state index < -0.39 is 0 Å². The van der Waals surface area contributed by atoms with Gasteiger partial charge < -0.3 is 0 Å². The van der Waals surface area contributed by atoms with Crippen molar-refractivity contribution in [2.75, 3.05) is 0 Å². The molecule has 0 heterocycles. The average molecular weight is 199 g/mol. The SMILES string of the molecule is CC/C=C(/C)c1cc(C#N)c(C)cc1C. The first-order chi connectivity index (χ1) is 7.10. The van der Waals surface area contributed by atoms with Crippen LogP contribution < -0.4 is 0 Å². The molecule has 0 unspecified atom stereocenters. The largest absolute Gasteiger partial charge is 0.192 e. The van der Waals surface area contributed by atoms with E-state index in [1.165, 1.54) is 16.7 Å². The van der Waals surface area contributed by atoms with Crippen LogP contribution in [0.3, 0.4) is 0 Å². The van der Waals surface area contributed by atoms with Gasteiger partial charge in [0.25, 0.3) is 0 Å². The molecule has 0 N–H and O–H groups in total. The number of nitrogens with zero attached hydrogens (tertiary/aromatic N) is 1. The summed E-state index contributed by atoms with van der Waals surface area (Å²) in [5.74, 6) is 0. The fraction of sp³-hybridized carbons (Fsp3) is 0.357. The summed E-state index contributed by atoms with van der Waals surface area (Å²) in [6.45, 7) is 8.30. The molecular formula is C14H17N. The summed E-state index contributed by atoms with van der Waals surface area (Å²) in [4.78, 5) is 0. The molecule has 0 aliphatic carbocycles. The second-order valence-electron chi connectivity index (χ2n) is 3.89. The van der Waals surface area contributed by atoms with Crippen LogP contribution in [0.1, 0.15) is 42.5 Å². The molecule has 0 saturated heterocycles. The Balaban J connectivity index is 3.32. The first-order valence-electron chi connectivity index (χ1n) is 5.28. The van der Waals surface area contributed by atoms with Crippen molar-refractivity contribution >= 4 is 5.57 Å². The van der Waals surface area contributed by atoms with E-state index in [0.29, 0.717) is 0 Å². The Morgan fingerprint density at radius 1 is 1.33 bits per heavy atom. The third-order valence-electron chi connectivity index (χ3n) is 2.63. The van der Waals surface area contributed by atoms with E-state index in [4.69, 9.17) is 5.26 Å². The summed E-state index contributed by atoms with van der Waals surface area (Å²) in [5.41, 5.74) is 5.53. The minimum Gasteiger partial charge on any atom is -0.192 e. The third-order valence-corrected chi connectivity index (χ3v) is 2.63. The van der Waals surface area contributed by atoms with Gasteiger partial charge in [-0.1, -0.05) is 19.1 Å². The van der Waals surface area contributed by atoms with Gasteiger partial charge >= 0.3 is 0 Å². The number of hydrogen-bond acceptors (Lipinski definition) is 1. The Hall–Kier alpha value is -1.55. The molecule has 0 amide bonds. The molecule has 0 aliphatic heterocycles. The van der Waals surface area contributed by atoms with Crippen molar-refractivity contribution in [3.05, 3.63) is 40.5 Å². The number of benzene rings is 1. The van der Waals surface area contributed by atoms with Crippen LogP contribution in [0, 0.1) is 25.2 Å². The summed E-state index contributed by atoms with van der Waals surface area (Å²) < 4.78 is 0. The lowest BCUT2D eigenvalue weighted by molar-refractivity contribution is 1.21. The molecular weight excluding hydrogens is 182 g/mol. The molecule has 0 spiro atoms. The highest BCUT2D eigenvalue weighted by atomic mass is 14.2. The molecule has 0 aromatic heterocycles. The highest BCUT2D eigenvalue weighted by Gasteiger charge is 2.05. The van der Waals surface area contributed by atoms with E-state index in [1.807, 2.05) is 13.0 Å². The van der Waals surface area contributed by atoms with Gasteiger partial charge in [-0.2, -0.15) is 5.26 Å². The summed E-state index contributed by atoms with van der Waals surface area (Å²) >= 11 is 0. The lowest BCUT2D eigenvalue weighted by Crippen LogP contribution is -1.91. The molecule has 1 aromatic carbocycles. The first-order valence-corrected chi connectivity index (χ1v) is 5.28. The second kappa shape index (κ2) is 4.79. The van der Waals surface area contributed by atoms with Crippen molar-refractivity contribution in [3.8, 4) is 6.07 Å². The van der Waals surface area contributed by atoms with Gasteiger partial charge in [0.2, 0.25) is 0 Å². The van der Waals surface area contributed by atoms with Crippen molar-refractivity contribution in [3.63, 3.8) is 0 Å². The Labute approximate surface area is 92.1 Å². The van der Waals surface area contributed by atoms with Crippen molar-refractivity contribution < 1.29 is 0 Å². The van der Waals surface area contributed by atoms with Gasteiger partial charge in [0.05, 0.1) is 11.6 Å². The van der Waals surface area contributed by atoms with Crippen molar-refractivity contribution in [2.24, 2.45) is 0 Å². The first kappa shape index (κ1) is 11.5. The fourth-order valence-corrected chi connectivity index (χ4v) is 1.81. The number of rotatable bonds is 2. The molecule has 0 atom stereocenters. The lowest BCUT2D eigenvalue weighted by atomic mass is 9.95. The van der Waals surface area contributed by atoms with Gasteiger partial charge in [0.15, 0.2) is 0 Å². The van der Waals surface area contributed by atoms with Gasteiger partial charge in [-0.25, -0.2) is 0 Å². The summed E-state index contributed by atoms with van der Waals surface area (Å²) in [6, 6.07) is 6.31. The van der Waals surface area contributed by atoms with Crippen LogP contribution in [0.25, 0.3) is 5.57 Å². The lowest BCUT2D eigenvalue weighted by Gasteiger charge is -2.08. The van der Waals surface area contributed by atoms with E-state index in [-0.39, 0.29) is 0 Å². The minimum atomic E-state index is 0.777. The maximum absolute atomic E-state index is 8.98. The molecule has 0 fully saturated rings. The molecule has 0 radical (unpaired) electrons. The quantitative estimate of drug-likeness (QED) is 0.706. The number of nitriles is 1. The van der Waals surface area contributed by atoms with Crippen molar-refractivity contribution in [1.82, 2.24) is 0 Å². The Bertz CT molecular complexity index is 433. The number of aryl methyl sites for hydroxylation is 2. The number of hydrogen-bond donors (Lipinski definition) is 0. The molecule has 1 nitrogen and oxygen atoms in total. The van der Waals surface area contributed by atoms with E-state index in [2.05, 4.69) is 39.0 Å². The fourth-order valence-electron chi connectivity index (χ4n) is 1.81. The van der Waals surface area contributed by atoms with Gasteiger partial charge in [0, 0.05) is 0 Å². The van der Waals surface area contributed by atoms with Crippen LogP contribution in [-0.4, -0.2) is 0 Å².